The summed E-state index contributed by atoms with van der Waals surface area (Å²) in [6, 6.07) is 10.1. The van der Waals surface area contributed by atoms with Crippen LogP contribution in [0.15, 0.2) is 42.6 Å². The minimum atomic E-state index is -1.03. The maximum atomic E-state index is 12.0. The van der Waals surface area contributed by atoms with Gasteiger partial charge in [-0.25, -0.2) is 4.79 Å². The molecule has 8 heteroatoms. The zero-order valence-corrected chi connectivity index (χ0v) is 13.4. The predicted molar refractivity (Wildman–Crippen MR) is 90.9 cm³/mol. The summed E-state index contributed by atoms with van der Waals surface area (Å²) in [7, 11) is 0. The molecule has 0 unspecified atom stereocenters. The summed E-state index contributed by atoms with van der Waals surface area (Å²) in [6.07, 6.45) is 1.99. The lowest BCUT2D eigenvalue weighted by molar-refractivity contribution is -0.139. The van der Waals surface area contributed by atoms with E-state index in [4.69, 9.17) is 21.0 Å². The van der Waals surface area contributed by atoms with Crippen molar-refractivity contribution in [3.8, 4) is 5.75 Å². The van der Waals surface area contributed by atoms with Crippen LogP contribution in [0.3, 0.4) is 0 Å². The molecule has 130 valence electrons. The van der Waals surface area contributed by atoms with Gasteiger partial charge >= 0.3 is 5.97 Å². The van der Waals surface area contributed by atoms with Crippen molar-refractivity contribution in [2.45, 2.75) is 6.42 Å². The zero-order chi connectivity index (χ0) is 18.2. The molecule has 1 heterocycles. The Morgan fingerprint density at radius 2 is 1.92 bits per heavy atom. The fourth-order valence-electron chi connectivity index (χ4n) is 2.01. The monoisotopic (exact) mass is 342 g/mol. The van der Waals surface area contributed by atoms with E-state index in [-0.39, 0.29) is 18.3 Å². The van der Waals surface area contributed by atoms with Gasteiger partial charge in [-0.1, -0.05) is 12.1 Å². The van der Waals surface area contributed by atoms with Gasteiger partial charge in [0, 0.05) is 12.7 Å². The van der Waals surface area contributed by atoms with Gasteiger partial charge in [0.2, 0.25) is 0 Å². The minimum Gasteiger partial charge on any atom is -0.482 e. The first-order valence-electron chi connectivity index (χ1n) is 7.48. The second kappa shape index (κ2) is 8.44. The Labute approximate surface area is 144 Å². The molecular formula is C17H18N4O4. The number of hydrogen-bond donors (Lipinski definition) is 4. The third-order valence-corrected chi connectivity index (χ3v) is 3.29. The smallest absolute Gasteiger partial charge is 0.341 e. The van der Waals surface area contributed by atoms with Crippen LogP contribution in [-0.4, -0.2) is 41.0 Å². The molecule has 0 aliphatic carbocycles. The lowest BCUT2D eigenvalue weighted by Gasteiger charge is -2.07. The Hall–Kier alpha value is -3.42. The Kier molecular flexibility index (Phi) is 6.05. The number of ether oxygens (including phenoxy) is 1. The van der Waals surface area contributed by atoms with Crippen molar-refractivity contribution in [3.63, 3.8) is 0 Å². The van der Waals surface area contributed by atoms with Crippen molar-refractivity contribution in [1.82, 2.24) is 10.3 Å². The number of carboxylic acids is 1. The maximum Gasteiger partial charge on any atom is 0.341 e. The first-order valence-corrected chi connectivity index (χ1v) is 7.48. The highest BCUT2D eigenvalue weighted by Crippen LogP contribution is 2.12. The number of rotatable bonds is 8. The summed E-state index contributed by atoms with van der Waals surface area (Å²) in [5.41, 5.74) is 7.00. The van der Waals surface area contributed by atoms with Gasteiger partial charge in [0.1, 0.15) is 17.3 Å². The van der Waals surface area contributed by atoms with Crippen LogP contribution in [0, 0.1) is 5.41 Å². The van der Waals surface area contributed by atoms with Crippen molar-refractivity contribution in [3.05, 3.63) is 59.4 Å². The zero-order valence-electron chi connectivity index (χ0n) is 13.4. The van der Waals surface area contributed by atoms with Crippen LogP contribution in [0.25, 0.3) is 0 Å². The molecule has 25 heavy (non-hydrogen) atoms. The van der Waals surface area contributed by atoms with E-state index >= 15 is 0 Å². The van der Waals surface area contributed by atoms with Crippen LogP contribution < -0.4 is 15.8 Å². The number of pyridine rings is 1. The Bertz CT molecular complexity index is 757. The van der Waals surface area contributed by atoms with E-state index in [9.17, 15) is 9.59 Å². The third-order valence-electron chi connectivity index (χ3n) is 3.29. The number of nitrogens with zero attached hydrogens (tertiary/aromatic N) is 1. The van der Waals surface area contributed by atoms with Crippen LogP contribution in [0.5, 0.6) is 5.75 Å². The summed E-state index contributed by atoms with van der Waals surface area (Å²) in [6.45, 7) is 0.0501. The summed E-state index contributed by atoms with van der Waals surface area (Å²) in [5.74, 6) is -0.962. The van der Waals surface area contributed by atoms with E-state index in [1.807, 2.05) is 12.1 Å². The topological polar surface area (TPSA) is 138 Å². The third kappa shape index (κ3) is 5.61. The molecule has 2 rings (SSSR count). The first kappa shape index (κ1) is 17.9. The fraction of sp³-hybridized carbons (Fsp3) is 0.176. The standard InChI is InChI=1S/C17H18N4O4/c18-16(19)14-6-3-12(9-21-14)17(24)20-8-7-11-1-4-13(5-2-11)25-10-15(22)23/h1-6,9H,7-8,10H2,(H3,18,19)(H,20,24)(H,22,23). The van der Waals surface area contributed by atoms with Gasteiger partial charge in [-0.15, -0.1) is 0 Å². The number of carboxylic acid groups (broad SMARTS) is 1. The van der Waals surface area contributed by atoms with E-state index in [1.165, 1.54) is 12.3 Å². The second-order valence-corrected chi connectivity index (χ2v) is 5.18. The number of hydrogen-bond acceptors (Lipinski definition) is 5. The minimum absolute atomic E-state index is 0.150. The normalized spacial score (nSPS) is 10.1. The van der Waals surface area contributed by atoms with Gasteiger partial charge in [0.15, 0.2) is 6.61 Å². The van der Waals surface area contributed by atoms with Crippen LogP contribution >= 0.6 is 0 Å². The average Bonchev–Trinajstić information content (AvgIpc) is 2.61. The number of amidine groups is 1. The number of aliphatic carboxylic acids is 1. The summed E-state index contributed by atoms with van der Waals surface area (Å²) in [4.78, 5) is 26.4. The molecule has 0 saturated carbocycles. The van der Waals surface area contributed by atoms with E-state index in [0.717, 1.165) is 5.56 Å². The van der Waals surface area contributed by atoms with Gasteiger partial charge in [-0.3, -0.25) is 15.2 Å². The quantitative estimate of drug-likeness (QED) is 0.413. The lowest BCUT2D eigenvalue weighted by atomic mass is 10.1. The van der Waals surface area contributed by atoms with Gasteiger partial charge in [0.25, 0.3) is 5.91 Å². The number of aromatic nitrogens is 1. The van der Waals surface area contributed by atoms with Crippen molar-refractivity contribution in [2.75, 3.05) is 13.2 Å². The van der Waals surface area contributed by atoms with Gasteiger partial charge in [-0.05, 0) is 36.2 Å². The van der Waals surface area contributed by atoms with E-state index in [2.05, 4.69) is 10.3 Å². The number of amides is 1. The SMILES string of the molecule is N=C(N)c1ccc(C(=O)NCCc2ccc(OCC(=O)O)cc2)cn1. The molecule has 0 bridgehead atoms. The molecule has 0 radical (unpaired) electrons. The summed E-state index contributed by atoms with van der Waals surface area (Å²) in [5, 5.41) is 18.6. The number of carbonyl (C=O) groups excluding carboxylic acids is 1. The van der Waals surface area contributed by atoms with Crippen molar-refractivity contribution in [2.24, 2.45) is 5.73 Å². The summed E-state index contributed by atoms with van der Waals surface area (Å²) >= 11 is 0. The molecular weight excluding hydrogens is 324 g/mol. The molecule has 0 saturated heterocycles. The number of nitrogen functional groups attached to an aromatic ring is 1. The molecule has 0 spiro atoms. The number of nitrogens with two attached hydrogens (primary N) is 1. The largest absolute Gasteiger partial charge is 0.482 e. The molecule has 5 N–H and O–H groups in total. The number of nitrogens with one attached hydrogen (secondary N) is 2. The molecule has 8 nitrogen and oxygen atoms in total. The van der Waals surface area contributed by atoms with Crippen LogP contribution in [-0.2, 0) is 11.2 Å². The lowest BCUT2D eigenvalue weighted by Crippen LogP contribution is -2.26. The molecule has 0 atom stereocenters. The highest BCUT2D eigenvalue weighted by atomic mass is 16.5. The molecule has 1 aromatic heterocycles. The second-order valence-electron chi connectivity index (χ2n) is 5.18. The van der Waals surface area contributed by atoms with Gasteiger partial charge in [-0.2, -0.15) is 0 Å². The molecule has 0 aliphatic rings. The van der Waals surface area contributed by atoms with Crippen molar-refractivity contribution >= 4 is 17.7 Å². The number of benzene rings is 1. The molecule has 1 aromatic carbocycles. The Morgan fingerprint density at radius 3 is 2.48 bits per heavy atom. The van der Waals surface area contributed by atoms with Crippen molar-refractivity contribution in [1.29, 1.82) is 5.41 Å². The van der Waals surface area contributed by atoms with Crippen LogP contribution in [0.1, 0.15) is 21.6 Å². The van der Waals surface area contributed by atoms with E-state index in [1.54, 1.807) is 18.2 Å². The highest BCUT2D eigenvalue weighted by Gasteiger charge is 2.07. The highest BCUT2D eigenvalue weighted by molar-refractivity contribution is 5.96. The fourth-order valence-corrected chi connectivity index (χ4v) is 2.01. The van der Waals surface area contributed by atoms with Crippen LogP contribution in [0.4, 0.5) is 0 Å². The molecule has 1 amide bonds. The van der Waals surface area contributed by atoms with E-state index < -0.39 is 5.97 Å². The summed E-state index contributed by atoms with van der Waals surface area (Å²) < 4.78 is 5.05. The molecule has 0 fully saturated rings. The molecule has 2 aromatic rings. The van der Waals surface area contributed by atoms with E-state index in [0.29, 0.717) is 30.0 Å². The van der Waals surface area contributed by atoms with Crippen molar-refractivity contribution < 1.29 is 19.4 Å². The first-order chi connectivity index (χ1) is 12.0. The van der Waals surface area contributed by atoms with Gasteiger partial charge < -0.3 is 20.9 Å². The average molecular weight is 342 g/mol. The Balaban J connectivity index is 1.80. The Morgan fingerprint density at radius 1 is 1.20 bits per heavy atom. The molecule has 0 aliphatic heterocycles. The van der Waals surface area contributed by atoms with Gasteiger partial charge in [0.05, 0.1) is 5.56 Å². The predicted octanol–water partition coefficient (Wildman–Crippen LogP) is 0.802. The van der Waals surface area contributed by atoms with Crippen LogP contribution in [0.2, 0.25) is 0 Å². The number of carbonyl (C=O) groups is 2. The maximum absolute atomic E-state index is 12.0.